The summed E-state index contributed by atoms with van der Waals surface area (Å²) in [6.45, 7) is 1.61. The average molecular weight is 288 g/mol. The van der Waals surface area contributed by atoms with Crippen LogP contribution in [0.3, 0.4) is 0 Å². The maximum atomic E-state index is 12.1. The van der Waals surface area contributed by atoms with E-state index in [1.165, 1.54) is 13.2 Å². The van der Waals surface area contributed by atoms with E-state index >= 15 is 0 Å². The van der Waals surface area contributed by atoms with Crippen LogP contribution in [0.1, 0.15) is 17.0 Å². The lowest BCUT2D eigenvalue weighted by atomic mass is 10.2. The maximum Gasteiger partial charge on any atom is 0.287 e. The van der Waals surface area contributed by atoms with Crippen LogP contribution in [0.2, 0.25) is 0 Å². The van der Waals surface area contributed by atoms with Gasteiger partial charge in [0.15, 0.2) is 11.2 Å². The normalized spacial score (nSPS) is 17.9. The van der Waals surface area contributed by atoms with Crippen LogP contribution < -0.4 is 20.8 Å². The Morgan fingerprint density at radius 1 is 1.43 bits per heavy atom. The van der Waals surface area contributed by atoms with E-state index in [1.807, 2.05) is 0 Å². The number of amides is 1. The smallest absolute Gasteiger partial charge is 0.287 e. The van der Waals surface area contributed by atoms with Crippen molar-refractivity contribution in [2.24, 2.45) is 0 Å². The molecule has 0 radical (unpaired) electrons. The molecule has 1 aromatic heterocycles. The minimum atomic E-state index is -0.370. The quantitative estimate of drug-likeness (QED) is 0.877. The molecule has 6 heteroatoms. The number of hydrogen-bond donors (Lipinski definition) is 2. The van der Waals surface area contributed by atoms with E-state index in [2.05, 4.69) is 10.6 Å². The number of methoxy groups -OCH3 is 1. The summed E-state index contributed by atoms with van der Waals surface area (Å²) in [6, 6.07) is 6.21. The summed E-state index contributed by atoms with van der Waals surface area (Å²) in [6.07, 6.45) is 0.872. The SMILES string of the molecule is COc1ccc2c(=O)cc(C(=O)NC3CCNC3)oc2c1. The molecule has 0 saturated carbocycles. The van der Waals surface area contributed by atoms with Gasteiger partial charge in [-0.2, -0.15) is 0 Å². The van der Waals surface area contributed by atoms with Gasteiger partial charge in [0.25, 0.3) is 5.91 Å². The Labute approximate surface area is 121 Å². The van der Waals surface area contributed by atoms with Crippen LogP contribution in [-0.2, 0) is 0 Å². The van der Waals surface area contributed by atoms with Crippen LogP contribution in [0.25, 0.3) is 11.0 Å². The number of rotatable bonds is 3. The molecule has 6 nitrogen and oxygen atoms in total. The zero-order valence-corrected chi connectivity index (χ0v) is 11.6. The van der Waals surface area contributed by atoms with Gasteiger partial charge in [-0.3, -0.25) is 9.59 Å². The van der Waals surface area contributed by atoms with Crippen molar-refractivity contribution in [1.29, 1.82) is 0 Å². The second kappa shape index (κ2) is 5.57. The molecule has 1 aliphatic rings. The highest BCUT2D eigenvalue weighted by atomic mass is 16.5. The number of ether oxygens (including phenoxy) is 1. The highest BCUT2D eigenvalue weighted by Crippen LogP contribution is 2.19. The fourth-order valence-electron chi connectivity index (χ4n) is 2.41. The lowest BCUT2D eigenvalue weighted by Gasteiger charge is -2.10. The van der Waals surface area contributed by atoms with Crippen molar-refractivity contribution in [3.8, 4) is 5.75 Å². The van der Waals surface area contributed by atoms with Gasteiger partial charge in [-0.25, -0.2) is 0 Å². The van der Waals surface area contributed by atoms with E-state index in [-0.39, 0.29) is 23.1 Å². The maximum absolute atomic E-state index is 12.1. The standard InChI is InChI=1S/C15H16N2O4/c1-20-10-2-3-11-12(18)7-14(21-13(11)6-10)15(19)17-9-4-5-16-8-9/h2-3,6-7,9,16H,4-5,8H2,1H3,(H,17,19). The van der Waals surface area contributed by atoms with Crippen molar-refractivity contribution in [2.75, 3.05) is 20.2 Å². The molecule has 1 fully saturated rings. The van der Waals surface area contributed by atoms with Gasteiger partial charge in [-0.05, 0) is 25.1 Å². The molecular weight excluding hydrogens is 272 g/mol. The number of carbonyl (C=O) groups excluding carboxylic acids is 1. The van der Waals surface area contributed by atoms with Crippen LogP contribution >= 0.6 is 0 Å². The summed E-state index contributed by atoms with van der Waals surface area (Å²) in [4.78, 5) is 24.2. The number of fused-ring (bicyclic) bond motifs is 1. The van der Waals surface area contributed by atoms with Crippen molar-refractivity contribution >= 4 is 16.9 Å². The van der Waals surface area contributed by atoms with Crippen molar-refractivity contribution in [3.05, 3.63) is 40.2 Å². The Morgan fingerprint density at radius 2 is 2.29 bits per heavy atom. The first-order chi connectivity index (χ1) is 10.2. The summed E-state index contributed by atoms with van der Waals surface area (Å²) < 4.78 is 10.6. The van der Waals surface area contributed by atoms with E-state index in [1.54, 1.807) is 18.2 Å². The molecular formula is C15H16N2O4. The second-order valence-electron chi connectivity index (χ2n) is 5.00. The molecule has 110 valence electrons. The molecule has 1 saturated heterocycles. The Balaban J connectivity index is 1.94. The van der Waals surface area contributed by atoms with Crippen LogP contribution in [0.4, 0.5) is 0 Å². The van der Waals surface area contributed by atoms with Gasteiger partial charge in [-0.15, -0.1) is 0 Å². The zero-order chi connectivity index (χ0) is 14.8. The van der Waals surface area contributed by atoms with Gasteiger partial charge in [0.05, 0.1) is 12.5 Å². The van der Waals surface area contributed by atoms with Gasteiger partial charge in [-0.1, -0.05) is 0 Å². The van der Waals surface area contributed by atoms with Crippen LogP contribution in [0.15, 0.2) is 33.5 Å². The predicted octanol–water partition coefficient (Wildman–Crippen LogP) is 0.893. The minimum absolute atomic E-state index is 0.0210. The van der Waals surface area contributed by atoms with Crippen LogP contribution in [0.5, 0.6) is 5.75 Å². The van der Waals surface area contributed by atoms with E-state index in [0.717, 1.165) is 19.5 Å². The molecule has 1 atom stereocenters. The molecule has 21 heavy (non-hydrogen) atoms. The third kappa shape index (κ3) is 2.75. The van der Waals surface area contributed by atoms with Gasteiger partial charge >= 0.3 is 0 Å². The Kier molecular flexibility index (Phi) is 3.62. The summed E-state index contributed by atoms with van der Waals surface area (Å²) in [5.74, 6) is 0.223. The molecule has 1 unspecified atom stereocenters. The molecule has 2 aromatic rings. The average Bonchev–Trinajstić information content (AvgIpc) is 2.99. The molecule has 1 aromatic carbocycles. The molecule has 1 amide bonds. The second-order valence-corrected chi connectivity index (χ2v) is 5.00. The highest BCUT2D eigenvalue weighted by molar-refractivity contribution is 5.93. The molecule has 0 spiro atoms. The topological polar surface area (TPSA) is 80.6 Å². The van der Waals surface area contributed by atoms with Crippen LogP contribution in [0, 0.1) is 0 Å². The van der Waals surface area contributed by atoms with E-state index in [4.69, 9.17) is 9.15 Å². The number of hydrogen-bond acceptors (Lipinski definition) is 5. The van der Waals surface area contributed by atoms with Crippen molar-refractivity contribution in [2.45, 2.75) is 12.5 Å². The molecule has 2 heterocycles. The van der Waals surface area contributed by atoms with E-state index in [0.29, 0.717) is 16.7 Å². The third-order valence-corrected chi connectivity index (χ3v) is 3.56. The molecule has 0 bridgehead atoms. The first kappa shape index (κ1) is 13.6. The van der Waals surface area contributed by atoms with Gasteiger partial charge in [0.1, 0.15) is 11.3 Å². The summed E-state index contributed by atoms with van der Waals surface area (Å²) in [7, 11) is 1.53. The minimum Gasteiger partial charge on any atom is -0.497 e. The van der Waals surface area contributed by atoms with Gasteiger partial charge in [0.2, 0.25) is 0 Å². The summed E-state index contributed by atoms with van der Waals surface area (Å²) in [5.41, 5.74) is 0.102. The Hall–Kier alpha value is -2.34. The molecule has 3 rings (SSSR count). The number of benzene rings is 1. The predicted molar refractivity (Wildman–Crippen MR) is 77.8 cm³/mol. The fraction of sp³-hybridized carbons (Fsp3) is 0.333. The van der Waals surface area contributed by atoms with Gasteiger partial charge < -0.3 is 19.8 Å². The Bertz CT molecular complexity index is 732. The first-order valence-electron chi connectivity index (χ1n) is 6.81. The molecule has 0 aliphatic carbocycles. The lowest BCUT2D eigenvalue weighted by molar-refractivity contribution is 0.0912. The lowest BCUT2D eigenvalue weighted by Crippen LogP contribution is -2.36. The summed E-state index contributed by atoms with van der Waals surface area (Å²) >= 11 is 0. The van der Waals surface area contributed by atoms with Crippen molar-refractivity contribution in [3.63, 3.8) is 0 Å². The fourth-order valence-corrected chi connectivity index (χ4v) is 2.41. The largest absolute Gasteiger partial charge is 0.497 e. The summed E-state index contributed by atoms with van der Waals surface area (Å²) in [5, 5.41) is 6.44. The number of carbonyl (C=O) groups is 1. The first-order valence-corrected chi connectivity index (χ1v) is 6.81. The third-order valence-electron chi connectivity index (χ3n) is 3.56. The monoisotopic (exact) mass is 288 g/mol. The van der Waals surface area contributed by atoms with Crippen molar-refractivity contribution < 1.29 is 13.9 Å². The number of nitrogens with one attached hydrogen (secondary N) is 2. The van der Waals surface area contributed by atoms with E-state index in [9.17, 15) is 9.59 Å². The molecule has 1 aliphatic heterocycles. The van der Waals surface area contributed by atoms with E-state index < -0.39 is 0 Å². The van der Waals surface area contributed by atoms with Crippen molar-refractivity contribution in [1.82, 2.24) is 10.6 Å². The Morgan fingerprint density at radius 3 is 3.00 bits per heavy atom. The molecule has 2 N–H and O–H groups in total. The van der Waals surface area contributed by atoms with Crippen LogP contribution in [-0.4, -0.2) is 32.1 Å². The highest BCUT2D eigenvalue weighted by Gasteiger charge is 2.19. The van der Waals surface area contributed by atoms with Gasteiger partial charge in [0, 0.05) is 24.7 Å². The zero-order valence-electron chi connectivity index (χ0n) is 11.6.